The SMILES string of the molecule is CC1C=C(c2ccccc2)C=CC1(C)c1ccc2ccc3c(-c4ccccc4)ccnc3c2n1. The van der Waals surface area contributed by atoms with Crippen LogP contribution in [0.1, 0.15) is 25.1 Å². The molecule has 2 nitrogen and oxygen atoms in total. The van der Waals surface area contributed by atoms with Gasteiger partial charge in [0.25, 0.3) is 0 Å². The van der Waals surface area contributed by atoms with E-state index < -0.39 is 0 Å². The zero-order chi connectivity index (χ0) is 23.1. The summed E-state index contributed by atoms with van der Waals surface area (Å²) in [5.74, 6) is 0.306. The van der Waals surface area contributed by atoms with E-state index in [0.717, 1.165) is 27.5 Å². The minimum atomic E-state index is -0.189. The number of aromatic nitrogens is 2. The smallest absolute Gasteiger partial charge is 0.0970 e. The van der Waals surface area contributed by atoms with Crippen LogP contribution in [0, 0.1) is 5.92 Å². The fourth-order valence-corrected chi connectivity index (χ4v) is 5.02. The lowest BCUT2D eigenvalue weighted by Crippen LogP contribution is -2.30. The fourth-order valence-electron chi connectivity index (χ4n) is 5.02. The van der Waals surface area contributed by atoms with Gasteiger partial charge in [-0.25, -0.2) is 4.98 Å². The minimum Gasteiger partial charge on any atom is -0.254 e. The molecule has 0 bridgehead atoms. The van der Waals surface area contributed by atoms with Crippen molar-refractivity contribution < 1.29 is 0 Å². The number of hydrogen-bond acceptors (Lipinski definition) is 2. The maximum atomic E-state index is 5.24. The molecule has 2 heterocycles. The molecule has 2 aromatic heterocycles. The van der Waals surface area contributed by atoms with Crippen LogP contribution in [0.15, 0.2) is 115 Å². The first-order valence-corrected chi connectivity index (χ1v) is 11.8. The maximum absolute atomic E-state index is 5.24. The van der Waals surface area contributed by atoms with Crippen molar-refractivity contribution in [2.24, 2.45) is 5.92 Å². The van der Waals surface area contributed by atoms with Gasteiger partial charge in [0.1, 0.15) is 0 Å². The molecule has 1 aliphatic carbocycles. The largest absolute Gasteiger partial charge is 0.254 e. The number of fused-ring (bicyclic) bond motifs is 3. The molecular formula is C32H26N2. The molecular weight excluding hydrogens is 412 g/mol. The van der Waals surface area contributed by atoms with E-state index in [1.807, 2.05) is 12.3 Å². The van der Waals surface area contributed by atoms with Crippen molar-refractivity contribution in [3.8, 4) is 11.1 Å². The molecule has 164 valence electrons. The maximum Gasteiger partial charge on any atom is 0.0970 e. The van der Waals surface area contributed by atoms with E-state index in [2.05, 4.69) is 117 Å². The van der Waals surface area contributed by atoms with Crippen LogP contribution in [0.3, 0.4) is 0 Å². The molecule has 2 unspecified atom stereocenters. The first-order chi connectivity index (χ1) is 16.6. The van der Waals surface area contributed by atoms with Gasteiger partial charge in [0.05, 0.1) is 16.7 Å². The molecule has 3 aromatic carbocycles. The van der Waals surface area contributed by atoms with Crippen LogP contribution in [0.2, 0.25) is 0 Å². The Hall–Kier alpha value is -4.04. The highest BCUT2D eigenvalue weighted by molar-refractivity contribution is 6.08. The summed E-state index contributed by atoms with van der Waals surface area (Å²) in [6.07, 6.45) is 8.84. The van der Waals surface area contributed by atoms with Gasteiger partial charge in [-0.3, -0.25) is 4.98 Å². The number of benzene rings is 3. The Kier molecular flexibility index (Phi) is 4.88. The average Bonchev–Trinajstić information content (AvgIpc) is 2.90. The van der Waals surface area contributed by atoms with Crippen LogP contribution in [-0.2, 0) is 5.41 Å². The molecule has 0 radical (unpaired) electrons. The van der Waals surface area contributed by atoms with Gasteiger partial charge in [-0.1, -0.05) is 104 Å². The van der Waals surface area contributed by atoms with E-state index in [0.29, 0.717) is 5.92 Å². The summed E-state index contributed by atoms with van der Waals surface area (Å²) in [6.45, 7) is 4.57. The summed E-state index contributed by atoms with van der Waals surface area (Å²) in [4.78, 5) is 10.0. The molecule has 2 heteroatoms. The highest BCUT2D eigenvalue weighted by Gasteiger charge is 2.33. The van der Waals surface area contributed by atoms with Gasteiger partial charge < -0.3 is 0 Å². The van der Waals surface area contributed by atoms with Crippen molar-refractivity contribution in [2.75, 3.05) is 0 Å². The Labute approximate surface area is 200 Å². The Balaban J connectivity index is 1.47. The number of nitrogens with zero attached hydrogens (tertiary/aromatic N) is 2. The Bertz CT molecular complexity index is 1570. The van der Waals surface area contributed by atoms with Gasteiger partial charge in [0.2, 0.25) is 0 Å². The van der Waals surface area contributed by atoms with Crippen molar-refractivity contribution in [1.29, 1.82) is 0 Å². The average molecular weight is 439 g/mol. The lowest BCUT2D eigenvalue weighted by Gasteiger charge is -2.34. The standard InChI is InChI=1S/C32H26N2/c1-22-21-26(23-9-5-3-6-10-23)17-19-32(22,2)29-16-14-25-13-15-28-27(24-11-7-4-8-12-24)18-20-33-31(28)30(25)34-29/h3-22H,1-2H3. The van der Waals surface area contributed by atoms with E-state index in [4.69, 9.17) is 9.97 Å². The van der Waals surface area contributed by atoms with Crippen LogP contribution < -0.4 is 0 Å². The van der Waals surface area contributed by atoms with Gasteiger partial charge in [0, 0.05) is 22.4 Å². The van der Waals surface area contributed by atoms with Crippen LogP contribution in [-0.4, -0.2) is 9.97 Å². The Morgan fingerprint density at radius 2 is 1.44 bits per heavy atom. The second kappa shape index (κ2) is 8.07. The molecule has 0 amide bonds. The molecule has 0 spiro atoms. The van der Waals surface area contributed by atoms with E-state index in [1.54, 1.807) is 0 Å². The molecule has 0 fully saturated rings. The van der Waals surface area contributed by atoms with Crippen LogP contribution >= 0.6 is 0 Å². The predicted octanol–water partition coefficient (Wildman–Crippen LogP) is 8.00. The summed E-state index contributed by atoms with van der Waals surface area (Å²) in [6, 6.07) is 31.9. The highest BCUT2D eigenvalue weighted by Crippen LogP contribution is 2.40. The Morgan fingerprint density at radius 1 is 0.735 bits per heavy atom. The van der Waals surface area contributed by atoms with Gasteiger partial charge in [-0.2, -0.15) is 0 Å². The second-order valence-corrected chi connectivity index (χ2v) is 9.35. The lowest BCUT2D eigenvalue weighted by molar-refractivity contribution is 0.448. The monoisotopic (exact) mass is 438 g/mol. The van der Waals surface area contributed by atoms with Crippen molar-refractivity contribution in [3.63, 3.8) is 0 Å². The normalized spacial score (nSPS) is 19.9. The number of hydrogen-bond donors (Lipinski definition) is 0. The third kappa shape index (κ3) is 3.34. The van der Waals surface area contributed by atoms with E-state index >= 15 is 0 Å². The van der Waals surface area contributed by atoms with E-state index in [-0.39, 0.29) is 5.41 Å². The molecule has 0 N–H and O–H groups in total. The first-order valence-electron chi connectivity index (χ1n) is 11.8. The molecule has 0 saturated heterocycles. The molecule has 6 rings (SSSR count). The molecule has 1 aliphatic rings. The summed E-state index contributed by atoms with van der Waals surface area (Å²) in [5.41, 5.74) is 7.71. The molecule has 0 saturated carbocycles. The summed E-state index contributed by atoms with van der Waals surface area (Å²) >= 11 is 0. The quantitative estimate of drug-likeness (QED) is 0.267. The van der Waals surface area contributed by atoms with Crippen molar-refractivity contribution >= 4 is 27.4 Å². The van der Waals surface area contributed by atoms with Gasteiger partial charge in [-0.05, 0) is 47.2 Å². The van der Waals surface area contributed by atoms with Crippen molar-refractivity contribution in [3.05, 3.63) is 127 Å². The number of rotatable bonds is 3. The fraction of sp³-hybridized carbons (Fsp3) is 0.125. The van der Waals surface area contributed by atoms with Gasteiger partial charge in [-0.15, -0.1) is 0 Å². The topological polar surface area (TPSA) is 25.8 Å². The Morgan fingerprint density at radius 3 is 2.18 bits per heavy atom. The third-order valence-corrected chi connectivity index (χ3v) is 7.30. The summed E-state index contributed by atoms with van der Waals surface area (Å²) < 4.78 is 0. The first kappa shape index (κ1) is 20.6. The van der Waals surface area contributed by atoms with Crippen LogP contribution in [0.25, 0.3) is 38.5 Å². The summed E-state index contributed by atoms with van der Waals surface area (Å²) in [5, 5.41) is 2.25. The predicted molar refractivity (Wildman–Crippen MR) is 143 cm³/mol. The molecule has 0 aliphatic heterocycles. The summed E-state index contributed by atoms with van der Waals surface area (Å²) in [7, 11) is 0. The highest BCUT2D eigenvalue weighted by atomic mass is 14.8. The van der Waals surface area contributed by atoms with Crippen LogP contribution in [0.4, 0.5) is 0 Å². The number of pyridine rings is 2. The van der Waals surface area contributed by atoms with E-state index in [9.17, 15) is 0 Å². The van der Waals surface area contributed by atoms with Gasteiger partial charge in [0.15, 0.2) is 0 Å². The molecule has 2 atom stereocenters. The van der Waals surface area contributed by atoms with Crippen molar-refractivity contribution in [2.45, 2.75) is 19.3 Å². The van der Waals surface area contributed by atoms with Gasteiger partial charge >= 0.3 is 0 Å². The lowest BCUT2D eigenvalue weighted by atomic mass is 9.71. The molecule has 34 heavy (non-hydrogen) atoms. The second-order valence-electron chi connectivity index (χ2n) is 9.35. The minimum absolute atomic E-state index is 0.189. The van der Waals surface area contributed by atoms with E-state index in [1.165, 1.54) is 22.3 Å². The zero-order valence-electron chi connectivity index (χ0n) is 19.4. The molecule has 5 aromatic rings. The zero-order valence-corrected chi connectivity index (χ0v) is 19.4. The number of allylic oxidation sites excluding steroid dienone is 4. The van der Waals surface area contributed by atoms with Crippen LogP contribution in [0.5, 0.6) is 0 Å². The van der Waals surface area contributed by atoms with Crippen molar-refractivity contribution in [1.82, 2.24) is 9.97 Å². The third-order valence-electron chi connectivity index (χ3n) is 7.30.